The predicted molar refractivity (Wildman–Crippen MR) is 114 cm³/mol. The SMILES string of the molecule is CC(C)(COCc1cccc(Oc2ccccc2Cl)c1)c1ccc(OC(F)(F)F)cc1. The van der Waals surface area contributed by atoms with Gasteiger partial charge in [-0.3, -0.25) is 0 Å². The third-order valence-corrected chi connectivity index (χ3v) is 4.88. The second kappa shape index (κ2) is 9.62. The van der Waals surface area contributed by atoms with Crippen molar-refractivity contribution in [2.24, 2.45) is 0 Å². The quantitative estimate of drug-likeness (QED) is 0.355. The van der Waals surface area contributed by atoms with Crippen LogP contribution in [0, 0.1) is 0 Å². The Balaban J connectivity index is 1.57. The molecular formula is C24H22ClF3O3. The molecule has 0 saturated carbocycles. The first kappa shape index (κ1) is 23.0. The summed E-state index contributed by atoms with van der Waals surface area (Å²) >= 11 is 6.13. The number of hydrogen-bond acceptors (Lipinski definition) is 3. The largest absolute Gasteiger partial charge is 0.573 e. The van der Waals surface area contributed by atoms with Gasteiger partial charge >= 0.3 is 6.36 Å². The zero-order valence-electron chi connectivity index (χ0n) is 17.1. The molecule has 0 aliphatic rings. The first-order valence-electron chi connectivity index (χ1n) is 9.58. The molecule has 3 rings (SSSR count). The summed E-state index contributed by atoms with van der Waals surface area (Å²) in [7, 11) is 0. The fourth-order valence-corrected chi connectivity index (χ4v) is 3.14. The molecule has 0 saturated heterocycles. The molecule has 3 aromatic carbocycles. The summed E-state index contributed by atoms with van der Waals surface area (Å²) in [5.74, 6) is 0.971. The smallest absolute Gasteiger partial charge is 0.456 e. The summed E-state index contributed by atoms with van der Waals surface area (Å²) in [5, 5.41) is 0.526. The van der Waals surface area contributed by atoms with Crippen LogP contribution >= 0.6 is 11.6 Å². The number of rotatable bonds is 8. The van der Waals surface area contributed by atoms with Gasteiger partial charge in [-0.15, -0.1) is 13.2 Å². The fourth-order valence-electron chi connectivity index (χ4n) is 2.97. The first-order valence-corrected chi connectivity index (χ1v) is 9.95. The molecule has 0 spiro atoms. The number of benzene rings is 3. The zero-order valence-corrected chi connectivity index (χ0v) is 17.8. The molecule has 3 aromatic rings. The van der Waals surface area contributed by atoms with Crippen LogP contribution in [0.3, 0.4) is 0 Å². The summed E-state index contributed by atoms with van der Waals surface area (Å²) in [6.07, 6.45) is -4.70. The van der Waals surface area contributed by atoms with Crippen molar-refractivity contribution in [3.8, 4) is 17.2 Å². The molecule has 0 fully saturated rings. The highest BCUT2D eigenvalue weighted by Crippen LogP contribution is 2.30. The van der Waals surface area contributed by atoms with Crippen molar-refractivity contribution in [1.82, 2.24) is 0 Å². The Labute approximate surface area is 184 Å². The molecule has 0 radical (unpaired) electrons. The second-order valence-corrected chi connectivity index (χ2v) is 8.04. The van der Waals surface area contributed by atoms with E-state index in [2.05, 4.69) is 4.74 Å². The zero-order chi connectivity index (χ0) is 22.5. The Hall–Kier alpha value is -2.70. The van der Waals surface area contributed by atoms with Crippen molar-refractivity contribution in [3.05, 3.63) is 88.9 Å². The third-order valence-electron chi connectivity index (χ3n) is 4.56. The lowest BCUT2D eigenvalue weighted by Crippen LogP contribution is -2.24. The normalized spacial score (nSPS) is 11.9. The summed E-state index contributed by atoms with van der Waals surface area (Å²) in [5.41, 5.74) is 1.37. The molecule has 0 N–H and O–H groups in total. The van der Waals surface area contributed by atoms with E-state index in [0.29, 0.717) is 29.7 Å². The molecule has 0 aliphatic carbocycles. The van der Waals surface area contributed by atoms with Gasteiger partial charge in [0.05, 0.1) is 18.2 Å². The second-order valence-electron chi connectivity index (χ2n) is 7.63. The van der Waals surface area contributed by atoms with Crippen LogP contribution in [0.1, 0.15) is 25.0 Å². The van der Waals surface area contributed by atoms with Crippen LogP contribution in [-0.2, 0) is 16.8 Å². The molecular weight excluding hydrogens is 429 g/mol. The lowest BCUT2D eigenvalue weighted by atomic mass is 9.85. The van der Waals surface area contributed by atoms with E-state index in [0.717, 1.165) is 11.1 Å². The predicted octanol–water partition coefficient (Wildman–Crippen LogP) is 7.53. The number of hydrogen-bond donors (Lipinski definition) is 0. The number of alkyl halides is 3. The lowest BCUT2D eigenvalue weighted by Gasteiger charge is -2.25. The first-order chi connectivity index (χ1) is 14.6. The molecule has 0 aromatic heterocycles. The molecule has 0 amide bonds. The van der Waals surface area contributed by atoms with Crippen LogP contribution in [0.4, 0.5) is 13.2 Å². The van der Waals surface area contributed by atoms with E-state index in [4.69, 9.17) is 21.1 Å². The monoisotopic (exact) mass is 450 g/mol. The summed E-state index contributed by atoms with van der Waals surface area (Å²) in [6.45, 7) is 4.66. The standard InChI is InChI=1S/C24H22ClF3O3/c1-23(2,18-10-12-19(13-11-18)31-24(26,27)28)16-29-15-17-6-5-7-20(14-17)30-22-9-4-3-8-21(22)25/h3-14H,15-16H2,1-2H3. The lowest BCUT2D eigenvalue weighted by molar-refractivity contribution is -0.274. The maximum absolute atomic E-state index is 12.3. The van der Waals surface area contributed by atoms with Gasteiger partial charge in [0.15, 0.2) is 0 Å². The number of halogens is 4. The van der Waals surface area contributed by atoms with Crippen LogP contribution in [0.5, 0.6) is 17.2 Å². The van der Waals surface area contributed by atoms with Crippen LogP contribution < -0.4 is 9.47 Å². The molecule has 0 atom stereocenters. The van der Waals surface area contributed by atoms with Gasteiger partial charge in [0, 0.05) is 5.41 Å². The highest BCUT2D eigenvalue weighted by atomic mass is 35.5. The summed E-state index contributed by atoms with van der Waals surface area (Å²) < 4.78 is 52.6. The molecule has 3 nitrogen and oxygen atoms in total. The van der Waals surface area contributed by atoms with Gasteiger partial charge in [-0.2, -0.15) is 0 Å². The Bertz CT molecular complexity index is 1000. The van der Waals surface area contributed by atoms with Crippen molar-refractivity contribution < 1.29 is 27.4 Å². The topological polar surface area (TPSA) is 27.7 Å². The van der Waals surface area contributed by atoms with Gasteiger partial charge in [-0.1, -0.05) is 61.8 Å². The molecule has 7 heteroatoms. The van der Waals surface area contributed by atoms with E-state index in [1.54, 1.807) is 24.3 Å². The van der Waals surface area contributed by atoms with E-state index in [1.807, 2.05) is 50.2 Å². The van der Waals surface area contributed by atoms with Crippen molar-refractivity contribution in [2.45, 2.75) is 32.2 Å². The average Bonchev–Trinajstić information content (AvgIpc) is 2.69. The van der Waals surface area contributed by atoms with Crippen molar-refractivity contribution in [3.63, 3.8) is 0 Å². The van der Waals surface area contributed by atoms with Crippen LogP contribution in [0.15, 0.2) is 72.8 Å². The minimum atomic E-state index is -4.70. The molecule has 164 valence electrons. The minimum Gasteiger partial charge on any atom is -0.456 e. The molecule has 0 aliphatic heterocycles. The van der Waals surface area contributed by atoms with E-state index < -0.39 is 11.8 Å². The van der Waals surface area contributed by atoms with E-state index in [1.165, 1.54) is 12.1 Å². The van der Waals surface area contributed by atoms with E-state index >= 15 is 0 Å². The third kappa shape index (κ3) is 6.91. The van der Waals surface area contributed by atoms with Gasteiger partial charge in [0.2, 0.25) is 0 Å². The van der Waals surface area contributed by atoms with Crippen LogP contribution in [-0.4, -0.2) is 13.0 Å². The summed E-state index contributed by atoms with van der Waals surface area (Å²) in [6, 6.07) is 20.6. The minimum absolute atomic E-state index is 0.247. The van der Waals surface area contributed by atoms with Gasteiger partial charge in [-0.05, 0) is 47.5 Å². The van der Waals surface area contributed by atoms with Crippen molar-refractivity contribution >= 4 is 11.6 Å². The molecule has 0 heterocycles. The maximum atomic E-state index is 12.3. The Morgan fingerprint density at radius 2 is 1.55 bits per heavy atom. The molecule has 31 heavy (non-hydrogen) atoms. The Morgan fingerprint density at radius 3 is 2.23 bits per heavy atom. The molecule has 0 unspecified atom stereocenters. The maximum Gasteiger partial charge on any atom is 0.573 e. The van der Waals surface area contributed by atoms with Gasteiger partial charge in [-0.25, -0.2) is 0 Å². The highest BCUT2D eigenvalue weighted by molar-refractivity contribution is 6.32. The number of para-hydroxylation sites is 1. The Morgan fingerprint density at radius 1 is 0.839 bits per heavy atom. The number of ether oxygens (including phenoxy) is 3. The Kier molecular flexibility index (Phi) is 7.13. The fraction of sp³-hybridized carbons (Fsp3) is 0.250. The summed E-state index contributed by atoms with van der Waals surface area (Å²) in [4.78, 5) is 0. The van der Waals surface area contributed by atoms with Gasteiger partial charge < -0.3 is 14.2 Å². The average molecular weight is 451 g/mol. The van der Waals surface area contributed by atoms with E-state index in [9.17, 15) is 13.2 Å². The van der Waals surface area contributed by atoms with Gasteiger partial charge in [0.1, 0.15) is 17.2 Å². The molecule has 0 bridgehead atoms. The van der Waals surface area contributed by atoms with Crippen LogP contribution in [0.2, 0.25) is 5.02 Å². The van der Waals surface area contributed by atoms with E-state index in [-0.39, 0.29) is 5.75 Å². The van der Waals surface area contributed by atoms with Crippen molar-refractivity contribution in [2.75, 3.05) is 6.61 Å². The van der Waals surface area contributed by atoms with Crippen LogP contribution in [0.25, 0.3) is 0 Å². The van der Waals surface area contributed by atoms with Crippen molar-refractivity contribution in [1.29, 1.82) is 0 Å². The highest BCUT2D eigenvalue weighted by Gasteiger charge is 2.31. The van der Waals surface area contributed by atoms with Gasteiger partial charge in [0.25, 0.3) is 0 Å².